The minimum Gasteiger partial charge on any atom is -0.324 e. The molecule has 70 valence electrons. The van der Waals surface area contributed by atoms with Gasteiger partial charge in [0.15, 0.2) is 0 Å². The minimum absolute atomic E-state index is 0.310. The van der Waals surface area contributed by atoms with Crippen molar-refractivity contribution in [3.63, 3.8) is 0 Å². The standard InChI is InChI=1S/C10H20N2/c1-3-6-12(2)8-9-4-5-10(11)7-9/h4-5,9-10H,3,6-8,11H2,1-2H3. The fourth-order valence-electron chi connectivity index (χ4n) is 1.82. The number of hydrogen-bond acceptors (Lipinski definition) is 2. The summed E-state index contributed by atoms with van der Waals surface area (Å²) in [6, 6.07) is 0.310. The first-order valence-electron chi connectivity index (χ1n) is 4.84. The Morgan fingerprint density at radius 3 is 2.75 bits per heavy atom. The second kappa shape index (κ2) is 4.63. The first kappa shape index (κ1) is 9.75. The van der Waals surface area contributed by atoms with Crippen molar-refractivity contribution in [2.75, 3.05) is 20.1 Å². The maximum absolute atomic E-state index is 5.77. The predicted octanol–water partition coefficient (Wildman–Crippen LogP) is 1.23. The largest absolute Gasteiger partial charge is 0.324 e. The van der Waals surface area contributed by atoms with E-state index in [4.69, 9.17) is 5.73 Å². The molecule has 1 aliphatic rings. The summed E-state index contributed by atoms with van der Waals surface area (Å²) in [5.41, 5.74) is 5.77. The lowest BCUT2D eigenvalue weighted by Gasteiger charge is -2.19. The van der Waals surface area contributed by atoms with Crippen LogP contribution in [0.5, 0.6) is 0 Å². The van der Waals surface area contributed by atoms with Gasteiger partial charge in [-0.25, -0.2) is 0 Å². The molecule has 0 heterocycles. The molecule has 0 aliphatic heterocycles. The molecule has 0 radical (unpaired) electrons. The molecule has 2 unspecified atom stereocenters. The van der Waals surface area contributed by atoms with E-state index in [1.165, 1.54) is 13.0 Å². The normalized spacial score (nSPS) is 28.7. The molecule has 2 N–H and O–H groups in total. The van der Waals surface area contributed by atoms with Gasteiger partial charge in [0.25, 0.3) is 0 Å². The molecule has 0 spiro atoms. The zero-order valence-corrected chi connectivity index (χ0v) is 8.16. The fraction of sp³-hybridized carbons (Fsp3) is 0.800. The second-order valence-corrected chi connectivity index (χ2v) is 3.81. The molecule has 2 atom stereocenters. The third kappa shape index (κ3) is 2.95. The third-order valence-corrected chi connectivity index (χ3v) is 2.36. The zero-order chi connectivity index (χ0) is 8.97. The van der Waals surface area contributed by atoms with E-state index in [0.29, 0.717) is 12.0 Å². The SMILES string of the molecule is CCCN(C)CC1C=CC(N)C1. The molecular formula is C10H20N2. The van der Waals surface area contributed by atoms with Gasteiger partial charge in [-0.1, -0.05) is 19.1 Å². The van der Waals surface area contributed by atoms with E-state index < -0.39 is 0 Å². The summed E-state index contributed by atoms with van der Waals surface area (Å²) in [6.07, 6.45) is 6.76. The average Bonchev–Trinajstić information content (AvgIpc) is 2.36. The smallest absolute Gasteiger partial charge is 0.0229 e. The molecule has 0 aromatic heterocycles. The van der Waals surface area contributed by atoms with Crippen molar-refractivity contribution in [1.29, 1.82) is 0 Å². The topological polar surface area (TPSA) is 29.3 Å². The molecule has 0 saturated heterocycles. The first-order chi connectivity index (χ1) is 5.72. The van der Waals surface area contributed by atoms with Crippen LogP contribution >= 0.6 is 0 Å². The molecule has 0 amide bonds. The number of nitrogens with two attached hydrogens (primary N) is 1. The Bertz CT molecular complexity index is 154. The van der Waals surface area contributed by atoms with Crippen molar-refractivity contribution in [3.8, 4) is 0 Å². The van der Waals surface area contributed by atoms with E-state index in [0.717, 1.165) is 13.0 Å². The van der Waals surface area contributed by atoms with Gasteiger partial charge in [0.1, 0.15) is 0 Å². The Kier molecular flexibility index (Phi) is 3.76. The van der Waals surface area contributed by atoms with E-state index in [2.05, 4.69) is 31.0 Å². The Hall–Kier alpha value is -0.340. The highest BCUT2D eigenvalue weighted by Gasteiger charge is 2.16. The Morgan fingerprint density at radius 2 is 2.25 bits per heavy atom. The highest BCUT2D eigenvalue weighted by molar-refractivity contribution is 5.05. The lowest BCUT2D eigenvalue weighted by molar-refractivity contribution is 0.296. The highest BCUT2D eigenvalue weighted by Crippen LogP contribution is 2.16. The number of rotatable bonds is 4. The van der Waals surface area contributed by atoms with Crippen molar-refractivity contribution in [2.45, 2.75) is 25.8 Å². The second-order valence-electron chi connectivity index (χ2n) is 3.81. The van der Waals surface area contributed by atoms with Crippen molar-refractivity contribution in [1.82, 2.24) is 4.90 Å². The van der Waals surface area contributed by atoms with Crippen LogP contribution in [-0.4, -0.2) is 31.1 Å². The van der Waals surface area contributed by atoms with Crippen LogP contribution in [0.15, 0.2) is 12.2 Å². The monoisotopic (exact) mass is 168 g/mol. The van der Waals surface area contributed by atoms with E-state index in [1.54, 1.807) is 0 Å². The van der Waals surface area contributed by atoms with Gasteiger partial charge in [-0.3, -0.25) is 0 Å². The summed E-state index contributed by atoms with van der Waals surface area (Å²) >= 11 is 0. The van der Waals surface area contributed by atoms with Gasteiger partial charge in [-0.2, -0.15) is 0 Å². The zero-order valence-electron chi connectivity index (χ0n) is 8.16. The van der Waals surface area contributed by atoms with E-state index in [-0.39, 0.29) is 0 Å². The Balaban J connectivity index is 2.19. The molecule has 0 fully saturated rings. The molecule has 0 aromatic rings. The van der Waals surface area contributed by atoms with E-state index in [9.17, 15) is 0 Å². The van der Waals surface area contributed by atoms with Gasteiger partial charge in [0.2, 0.25) is 0 Å². The van der Waals surface area contributed by atoms with Crippen LogP contribution < -0.4 is 5.73 Å². The van der Waals surface area contributed by atoms with E-state index in [1.807, 2.05) is 0 Å². The van der Waals surface area contributed by atoms with Gasteiger partial charge in [-0.15, -0.1) is 0 Å². The summed E-state index contributed by atoms with van der Waals surface area (Å²) in [4.78, 5) is 2.38. The third-order valence-electron chi connectivity index (χ3n) is 2.36. The molecule has 1 rings (SSSR count). The van der Waals surface area contributed by atoms with Gasteiger partial charge >= 0.3 is 0 Å². The minimum atomic E-state index is 0.310. The van der Waals surface area contributed by atoms with Crippen LogP contribution in [0, 0.1) is 5.92 Å². The van der Waals surface area contributed by atoms with Crippen LogP contribution in [-0.2, 0) is 0 Å². The van der Waals surface area contributed by atoms with Gasteiger partial charge < -0.3 is 10.6 Å². The molecular weight excluding hydrogens is 148 g/mol. The quantitative estimate of drug-likeness (QED) is 0.640. The van der Waals surface area contributed by atoms with Crippen molar-refractivity contribution in [2.24, 2.45) is 11.7 Å². The van der Waals surface area contributed by atoms with Crippen molar-refractivity contribution in [3.05, 3.63) is 12.2 Å². The Labute approximate surface area is 75.4 Å². The summed E-state index contributed by atoms with van der Waals surface area (Å²) in [5, 5.41) is 0. The summed E-state index contributed by atoms with van der Waals surface area (Å²) in [6.45, 7) is 4.57. The van der Waals surface area contributed by atoms with Crippen molar-refractivity contribution >= 4 is 0 Å². The highest BCUT2D eigenvalue weighted by atomic mass is 15.1. The summed E-state index contributed by atoms with van der Waals surface area (Å²) in [7, 11) is 2.18. The molecule has 2 heteroatoms. The number of hydrogen-bond donors (Lipinski definition) is 1. The maximum Gasteiger partial charge on any atom is 0.0229 e. The molecule has 2 nitrogen and oxygen atoms in total. The molecule has 1 aliphatic carbocycles. The summed E-state index contributed by atoms with van der Waals surface area (Å²) in [5.74, 6) is 0.691. The lowest BCUT2D eigenvalue weighted by Crippen LogP contribution is -2.26. The van der Waals surface area contributed by atoms with Crippen LogP contribution in [0.1, 0.15) is 19.8 Å². The van der Waals surface area contributed by atoms with Crippen LogP contribution in [0.25, 0.3) is 0 Å². The van der Waals surface area contributed by atoms with Gasteiger partial charge in [-0.05, 0) is 32.4 Å². The lowest BCUT2D eigenvalue weighted by atomic mass is 10.1. The maximum atomic E-state index is 5.77. The average molecular weight is 168 g/mol. The van der Waals surface area contributed by atoms with E-state index >= 15 is 0 Å². The van der Waals surface area contributed by atoms with Gasteiger partial charge in [0.05, 0.1) is 0 Å². The molecule has 0 aromatic carbocycles. The molecule has 12 heavy (non-hydrogen) atoms. The van der Waals surface area contributed by atoms with Gasteiger partial charge in [0, 0.05) is 12.6 Å². The summed E-state index contributed by atoms with van der Waals surface area (Å²) < 4.78 is 0. The fourth-order valence-corrected chi connectivity index (χ4v) is 1.82. The Morgan fingerprint density at radius 1 is 1.50 bits per heavy atom. The van der Waals surface area contributed by atoms with Crippen LogP contribution in [0.3, 0.4) is 0 Å². The first-order valence-corrected chi connectivity index (χ1v) is 4.84. The number of nitrogens with zero attached hydrogens (tertiary/aromatic N) is 1. The van der Waals surface area contributed by atoms with Crippen LogP contribution in [0.2, 0.25) is 0 Å². The van der Waals surface area contributed by atoms with Crippen LogP contribution in [0.4, 0.5) is 0 Å². The molecule has 0 saturated carbocycles. The molecule has 0 bridgehead atoms. The predicted molar refractivity (Wildman–Crippen MR) is 53.0 cm³/mol. The van der Waals surface area contributed by atoms with Crippen molar-refractivity contribution < 1.29 is 0 Å².